The minimum atomic E-state index is 0.0838. The minimum Gasteiger partial charge on any atom is -0.340 e. The van der Waals surface area contributed by atoms with E-state index in [9.17, 15) is 4.79 Å². The summed E-state index contributed by atoms with van der Waals surface area (Å²) in [4.78, 5) is 21.0. The third-order valence-electron chi connectivity index (χ3n) is 4.59. The van der Waals surface area contributed by atoms with Crippen molar-refractivity contribution in [1.29, 1.82) is 0 Å². The number of benzene rings is 1. The average Bonchev–Trinajstić information content (AvgIpc) is 3.03. The Labute approximate surface area is 142 Å². The molecule has 1 unspecified atom stereocenters. The highest BCUT2D eigenvalue weighted by Gasteiger charge is 2.27. The summed E-state index contributed by atoms with van der Waals surface area (Å²) in [5, 5.41) is 3.85. The van der Waals surface area contributed by atoms with Gasteiger partial charge >= 0.3 is 0 Å². The third-order valence-corrected chi connectivity index (χ3v) is 4.59. The molecule has 0 spiro atoms. The first-order valence-electron chi connectivity index (χ1n) is 8.40. The molecular weight excluding hydrogens is 304 g/mol. The van der Waals surface area contributed by atoms with Gasteiger partial charge in [-0.25, -0.2) is 0 Å². The van der Waals surface area contributed by atoms with Crippen LogP contribution >= 0.6 is 0 Å². The molecule has 0 bridgehead atoms. The predicted octanol–water partition coefficient (Wildman–Crippen LogP) is 2.13. The van der Waals surface area contributed by atoms with Gasteiger partial charge in [-0.05, 0) is 26.3 Å². The fourth-order valence-electron chi connectivity index (χ4n) is 2.99. The number of amides is 1. The second-order valence-electron chi connectivity index (χ2n) is 6.43. The molecule has 0 saturated carbocycles. The van der Waals surface area contributed by atoms with Crippen molar-refractivity contribution >= 4 is 5.91 Å². The van der Waals surface area contributed by atoms with Crippen molar-refractivity contribution in [3.8, 4) is 0 Å². The lowest BCUT2D eigenvalue weighted by atomic mass is 10.1. The first-order valence-corrected chi connectivity index (χ1v) is 8.40. The van der Waals surface area contributed by atoms with Gasteiger partial charge in [0, 0.05) is 26.2 Å². The number of aryl methyl sites for hydroxylation is 2. The van der Waals surface area contributed by atoms with Crippen LogP contribution in [-0.2, 0) is 11.2 Å². The Morgan fingerprint density at radius 2 is 1.83 bits per heavy atom. The molecule has 3 rings (SSSR count). The summed E-state index contributed by atoms with van der Waals surface area (Å²) in [6.45, 7) is 9.06. The Morgan fingerprint density at radius 1 is 1.17 bits per heavy atom. The van der Waals surface area contributed by atoms with E-state index in [1.807, 2.05) is 24.0 Å². The maximum absolute atomic E-state index is 12.5. The van der Waals surface area contributed by atoms with E-state index >= 15 is 0 Å². The lowest BCUT2D eigenvalue weighted by Gasteiger charge is -2.36. The molecule has 6 heteroatoms. The number of carbonyl (C=O) groups is 1. The lowest BCUT2D eigenvalue weighted by Crippen LogP contribution is -2.49. The molecule has 128 valence electrons. The van der Waals surface area contributed by atoms with Gasteiger partial charge in [0.25, 0.3) is 0 Å². The second kappa shape index (κ2) is 7.13. The van der Waals surface area contributed by atoms with Crippen LogP contribution in [0.25, 0.3) is 0 Å². The van der Waals surface area contributed by atoms with Crippen molar-refractivity contribution in [3.05, 3.63) is 47.1 Å². The summed E-state index contributed by atoms with van der Waals surface area (Å²) in [6.07, 6.45) is 0.471. The van der Waals surface area contributed by atoms with Gasteiger partial charge in [0.2, 0.25) is 11.8 Å². The maximum atomic E-state index is 12.5. The molecule has 1 aromatic heterocycles. The van der Waals surface area contributed by atoms with Crippen LogP contribution < -0.4 is 0 Å². The fraction of sp³-hybridized carbons (Fsp3) is 0.500. The quantitative estimate of drug-likeness (QED) is 0.860. The van der Waals surface area contributed by atoms with Gasteiger partial charge in [-0.15, -0.1) is 0 Å². The number of hydrogen-bond acceptors (Lipinski definition) is 5. The normalized spacial score (nSPS) is 17.0. The zero-order valence-corrected chi connectivity index (χ0v) is 14.5. The Balaban J connectivity index is 1.52. The maximum Gasteiger partial charge on any atom is 0.243 e. The second-order valence-corrected chi connectivity index (χ2v) is 6.43. The van der Waals surface area contributed by atoms with Crippen molar-refractivity contribution in [2.75, 3.05) is 26.2 Å². The Kier molecular flexibility index (Phi) is 4.94. The van der Waals surface area contributed by atoms with Crippen molar-refractivity contribution in [2.45, 2.75) is 33.2 Å². The number of carbonyl (C=O) groups excluding carboxylic acids is 1. The number of nitrogens with zero attached hydrogens (tertiary/aromatic N) is 4. The first-order chi connectivity index (χ1) is 11.5. The van der Waals surface area contributed by atoms with Gasteiger partial charge < -0.3 is 9.42 Å². The van der Waals surface area contributed by atoms with E-state index in [2.05, 4.69) is 41.0 Å². The summed E-state index contributed by atoms with van der Waals surface area (Å²) in [5.74, 6) is 1.50. The predicted molar refractivity (Wildman–Crippen MR) is 90.5 cm³/mol. The van der Waals surface area contributed by atoms with Crippen molar-refractivity contribution in [2.24, 2.45) is 0 Å². The van der Waals surface area contributed by atoms with Crippen LogP contribution in [0.1, 0.15) is 35.8 Å². The molecule has 0 N–H and O–H groups in total. The molecule has 1 saturated heterocycles. The van der Waals surface area contributed by atoms with E-state index in [0.29, 0.717) is 18.1 Å². The molecule has 1 amide bonds. The molecule has 1 atom stereocenters. The summed E-state index contributed by atoms with van der Waals surface area (Å²) < 4.78 is 5.26. The molecule has 2 aromatic rings. The van der Waals surface area contributed by atoms with Crippen LogP contribution in [0.3, 0.4) is 0 Å². The average molecular weight is 328 g/mol. The van der Waals surface area contributed by atoms with Gasteiger partial charge in [-0.3, -0.25) is 9.69 Å². The Hall–Kier alpha value is -2.21. The van der Waals surface area contributed by atoms with E-state index < -0.39 is 0 Å². The van der Waals surface area contributed by atoms with Gasteiger partial charge in [-0.1, -0.05) is 35.0 Å². The summed E-state index contributed by atoms with van der Waals surface area (Å²) in [5.41, 5.74) is 2.28. The smallest absolute Gasteiger partial charge is 0.243 e. The van der Waals surface area contributed by atoms with Gasteiger partial charge in [0.05, 0.1) is 12.5 Å². The van der Waals surface area contributed by atoms with Crippen LogP contribution in [0.2, 0.25) is 0 Å². The van der Waals surface area contributed by atoms with Gasteiger partial charge in [0.1, 0.15) is 0 Å². The minimum absolute atomic E-state index is 0.0838. The lowest BCUT2D eigenvalue weighted by molar-refractivity contribution is -0.132. The summed E-state index contributed by atoms with van der Waals surface area (Å²) in [7, 11) is 0. The SMILES string of the molecule is Cc1ccc(CC(=O)N2CCN(C(C)c3nc(C)no3)CC2)cc1. The highest BCUT2D eigenvalue weighted by Crippen LogP contribution is 2.20. The molecule has 0 radical (unpaired) electrons. The van der Waals surface area contributed by atoms with Crippen LogP contribution in [0.5, 0.6) is 0 Å². The van der Waals surface area contributed by atoms with E-state index in [0.717, 1.165) is 31.7 Å². The van der Waals surface area contributed by atoms with Crippen LogP contribution in [-0.4, -0.2) is 52.0 Å². The Bertz CT molecular complexity index is 687. The van der Waals surface area contributed by atoms with Crippen LogP contribution in [0.4, 0.5) is 0 Å². The molecule has 1 aliphatic rings. The number of aromatic nitrogens is 2. The Morgan fingerprint density at radius 3 is 2.42 bits per heavy atom. The molecular formula is C18H24N4O2. The topological polar surface area (TPSA) is 62.5 Å². The van der Waals surface area contributed by atoms with Crippen LogP contribution in [0, 0.1) is 13.8 Å². The van der Waals surface area contributed by atoms with Crippen molar-refractivity contribution in [1.82, 2.24) is 19.9 Å². The molecule has 1 aliphatic heterocycles. The molecule has 24 heavy (non-hydrogen) atoms. The van der Waals surface area contributed by atoms with Crippen molar-refractivity contribution in [3.63, 3.8) is 0 Å². The molecule has 1 fully saturated rings. The zero-order valence-electron chi connectivity index (χ0n) is 14.5. The number of piperazine rings is 1. The van der Waals surface area contributed by atoms with E-state index in [1.54, 1.807) is 0 Å². The van der Waals surface area contributed by atoms with Crippen molar-refractivity contribution < 1.29 is 9.32 Å². The fourth-order valence-corrected chi connectivity index (χ4v) is 2.99. The van der Waals surface area contributed by atoms with Gasteiger partial charge in [-0.2, -0.15) is 4.98 Å². The third kappa shape index (κ3) is 3.82. The standard InChI is InChI=1S/C18H24N4O2/c1-13-4-6-16(7-5-13)12-17(23)22-10-8-21(9-11-22)14(2)18-19-15(3)20-24-18/h4-7,14H,8-12H2,1-3H3. The van der Waals surface area contributed by atoms with E-state index in [1.165, 1.54) is 5.56 Å². The van der Waals surface area contributed by atoms with E-state index in [4.69, 9.17) is 4.52 Å². The first kappa shape index (κ1) is 16.6. The number of rotatable bonds is 4. The van der Waals surface area contributed by atoms with Gasteiger partial charge in [0.15, 0.2) is 5.82 Å². The number of hydrogen-bond donors (Lipinski definition) is 0. The molecule has 2 heterocycles. The molecule has 6 nitrogen and oxygen atoms in total. The monoisotopic (exact) mass is 328 g/mol. The summed E-state index contributed by atoms with van der Waals surface area (Å²) >= 11 is 0. The highest BCUT2D eigenvalue weighted by molar-refractivity contribution is 5.78. The molecule has 0 aliphatic carbocycles. The van der Waals surface area contributed by atoms with Crippen LogP contribution in [0.15, 0.2) is 28.8 Å². The largest absolute Gasteiger partial charge is 0.340 e. The molecule has 1 aromatic carbocycles. The highest BCUT2D eigenvalue weighted by atomic mass is 16.5. The zero-order chi connectivity index (χ0) is 17.1. The van der Waals surface area contributed by atoms with E-state index in [-0.39, 0.29) is 11.9 Å². The summed E-state index contributed by atoms with van der Waals surface area (Å²) in [6, 6.07) is 8.25.